The number of aryl methyl sites for hydroxylation is 2. The number of nitrogens with zero attached hydrogens (tertiary/aromatic N) is 3. The number of aromatic nitrogens is 3. The fourth-order valence-electron chi connectivity index (χ4n) is 4.28. The maximum Gasteiger partial charge on any atom is 0.332 e. The molecule has 0 aliphatic carbocycles. The van der Waals surface area contributed by atoms with Crippen molar-refractivity contribution >= 4 is 16.9 Å². The van der Waals surface area contributed by atoms with Crippen LogP contribution in [0.15, 0.2) is 15.7 Å². The summed E-state index contributed by atoms with van der Waals surface area (Å²) >= 11 is 0. The number of fused-ring (bicyclic) bond motifs is 3. The van der Waals surface area contributed by atoms with E-state index in [2.05, 4.69) is 15.6 Å². The van der Waals surface area contributed by atoms with Gasteiger partial charge in [-0.05, 0) is 44.2 Å². The minimum atomic E-state index is -0.457. The van der Waals surface area contributed by atoms with Crippen molar-refractivity contribution in [2.24, 2.45) is 14.1 Å². The Morgan fingerprint density at radius 2 is 1.85 bits per heavy atom. The van der Waals surface area contributed by atoms with Gasteiger partial charge in [0.2, 0.25) is 0 Å². The molecule has 2 fully saturated rings. The first-order valence-corrected chi connectivity index (χ1v) is 8.99. The van der Waals surface area contributed by atoms with Crippen LogP contribution < -0.4 is 21.9 Å². The highest BCUT2D eigenvalue weighted by Gasteiger charge is 2.34. The quantitative estimate of drug-likeness (QED) is 0.786. The molecule has 0 saturated carbocycles. The van der Waals surface area contributed by atoms with Crippen molar-refractivity contribution in [3.8, 4) is 0 Å². The average molecular weight is 357 g/mol. The molecule has 4 heterocycles. The Balaban J connectivity index is 1.70. The molecule has 0 aromatic carbocycles. The van der Waals surface area contributed by atoms with Crippen molar-refractivity contribution in [1.29, 1.82) is 0 Å². The van der Waals surface area contributed by atoms with Crippen molar-refractivity contribution in [2.45, 2.75) is 50.7 Å². The summed E-state index contributed by atoms with van der Waals surface area (Å²) in [6, 6.07) is 2.72. The van der Waals surface area contributed by atoms with E-state index in [0.717, 1.165) is 30.3 Å². The van der Waals surface area contributed by atoms with Gasteiger partial charge in [-0.3, -0.25) is 18.7 Å². The molecule has 2 saturated heterocycles. The number of carbonyl (C=O) groups excluding carboxylic acids is 1. The van der Waals surface area contributed by atoms with Crippen molar-refractivity contribution in [2.75, 3.05) is 0 Å². The first-order valence-electron chi connectivity index (χ1n) is 8.99. The number of hydrogen-bond donors (Lipinski definition) is 2. The average Bonchev–Trinajstić information content (AvgIpc) is 2.95. The summed E-state index contributed by atoms with van der Waals surface area (Å²) in [4.78, 5) is 41.6. The van der Waals surface area contributed by atoms with Gasteiger partial charge in [0.25, 0.3) is 11.5 Å². The van der Waals surface area contributed by atoms with Crippen LogP contribution in [0.5, 0.6) is 0 Å². The third-order valence-electron chi connectivity index (χ3n) is 5.65. The van der Waals surface area contributed by atoms with Crippen LogP contribution in [0.4, 0.5) is 0 Å². The number of amides is 1. The molecule has 138 valence electrons. The van der Waals surface area contributed by atoms with E-state index < -0.39 is 11.2 Å². The zero-order chi connectivity index (χ0) is 18.6. The Labute approximate surface area is 150 Å². The highest BCUT2D eigenvalue weighted by Crippen LogP contribution is 2.27. The predicted octanol–water partition coefficient (Wildman–Crippen LogP) is -0.0466. The maximum atomic E-state index is 12.7. The van der Waals surface area contributed by atoms with Gasteiger partial charge in [0, 0.05) is 32.2 Å². The largest absolute Gasteiger partial charge is 0.348 e. The Bertz CT molecular complexity index is 1010. The normalized spacial score (nSPS) is 24.8. The van der Waals surface area contributed by atoms with Gasteiger partial charge in [0.15, 0.2) is 0 Å². The molecular formula is C18H23N5O3. The summed E-state index contributed by atoms with van der Waals surface area (Å²) < 4.78 is 2.37. The summed E-state index contributed by atoms with van der Waals surface area (Å²) in [7, 11) is 3.00. The second kappa shape index (κ2) is 6.05. The number of rotatable bonds is 2. The van der Waals surface area contributed by atoms with Gasteiger partial charge in [-0.2, -0.15) is 0 Å². The van der Waals surface area contributed by atoms with E-state index in [1.165, 1.54) is 11.6 Å². The van der Waals surface area contributed by atoms with Crippen molar-refractivity contribution < 1.29 is 4.79 Å². The zero-order valence-corrected chi connectivity index (χ0v) is 15.2. The monoisotopic (exact) mass is 357 g/mol. The highest BCUT2D eigenvalue weighted by molar-refractivity contribution is 5.95. The molecule has 8 nitrogen and oxygen atoms in total. The van der Waals surface area contributed by atoms with Crippen LogP contribution in [0.25, 0.3) is 11.0 Å². The lowest BCUT2D eigenvalue weighted by Gasteiger charge is -2.29. The van der Waals surface area contributed by atoms with Crippen LogP contribution in [0.1, 0.15) is 41.7 Å². The van der Waals surface area contributed by atoms with E-state index in [1.807, 2.05) is 0 Å². The van der Waals surface area contributed by atoms with Crippen LogP contribution in [0.2, 0.25) is 0 Å². The number of piperidine rings is 1. The minimum absolute atomic E-state index is 0.131. The maximum absolute atomic E-state index is 12.7. The molecule has 8 heteroatoms. The van der Waals surface area contributed by atoms with Crippen molar-refractivity contribution in [3.05, 3.63) is 38.2 Å². The number of pyridine rings is 1. The fourth-order valence-corrected chi connectivity index (χ4v) is 4.28. The molecule has 4 rings (SSSR count). The molecule has 2 atom stereocenters. The minimum Gasteiger partial charge on any atom is -0.348 e. The van der Waals surface area contributed by atoms with Gasteiger partial charge in [0.1, 0.15) is 11.3 Å². The van der Waals surface area contributed by atoms with Crippen LogP contribution in [-0.4, -0.2) is 38.2 Å². The summed E-state index contributed by atoms with van der Waals surface area (Å²) in [5.74, 6) is -0.255. The Morgan fingerprint density at radius 1 is 1.19 bits per heavy atom. The van der Waals surface area contributed by atoms with E-state index >= 15 is 0 Å². The van der Waals surface area contributed by atoms with Crippen LogP contribution in [-0.2, 0) is 14.1 Å². The SMILES string of the molecule is Cc1cc(C(=O)NC2CC3CCC(C2)N3)nc2c1c(=O)n(C)c(=O)n2C. The molecular weight excluding hydrogens is 334 g/mol. The Kier molecular flexibility index (Phi) is 3.95. The lowest BCUT2D eigenvalue weighted by atomic mass is 9.99. The zero-order valence-electron chi connectivity index (χ0n) is 15.2. The number of hydrogen-bond acceptors (Lipinski definition) is 5. The first kappa shape index (κ1) is 17.0. The van der Waals surface area contributed by atoms with Gasteiger partial charge in [-0.15, -0.1) is 0 Å². The molecule has 2 aromatic heterocycles. The van der Waals surface area contributed by atoms with Crippen molar-refractivity contribution in [1.82, 2.24) is 24.8 Å². The predicted molar refractivity (Wildman–Crippen MR) is 97.4 cm³/mol. The molecule has 2 aromatic rings. The first-order chi connectivity index (χ1) is 12.3. The third-order valence-corrected chi connectivity index (χ3v) is 5.65. The van der Waals surface area contributed by atoms with Crippen molar-refractivity contribution in [3.63, 3.8) is 0 Å². The van der Waals surface area contributed by atoms with Gasteiger partial charge in [0.05, 0.1) is 5.39 Å². The van der Waals surface area contributed by atoms with Gasteiger partial charge in [-0.1, -0.05) is 0 Å². The number of carbonyl (C=O) groups is 1. The summed E-state index contributed by atoms with van der Waals surface area (Å²) in [6.45, 7) is 1.76. The standard InChI is InChI=1S/C18H23N5O3/c1-9-6-13(16(24)20-12-7-10-4-5-11(8-12)19-10)21-15-14(9)17(25)23(3)18(26)22(15)2/h6,10-12,19H,4-5,7-8H2,1-3H3,(H,20,24). The molecule has 2 aliphatic heterocycles. The third kappa shape index (κ3) is 2.65. The van der Waals surface area contributed by atoms with Gasteiger partial charge >= 0.3 is 5.69 Å². The van der Waals surface area contributed by atoms with Gasteiger partial charge < -0.3 is 10.6 Å². The van der Waals surface area contributed by atoms with Crippen LogP contribution in [0, 0.1) is 6.92 Å². The second-order valence-electron chi connectivity index (χ2n) is 7.51. The number of nitrogens with one attached hydrogen (secondary N) is 2. The summed E-state index contributed by atoms with van der Waals surface area (Å²) in [5.41, 5.74) is 0.274. The molecule has 1 amide bonds. The Morgan fingerprint density at radius 3 is 2.50 bits per heavy atom. The van der Waals surface area contributed by atoms with E-state index in [0.29, 0.717) is 23.0 Å². The molecule has 2 N–H and O–H groups in total. The van der Waals surface area contributed by atoms with E-state index in [1.54, 1.807) is 20.0 Å². The van der Waals surface area contributed by atoms with E-state index in [9.17, 15) is 14.4 Å². The summed E-state index contributed by atoms with van der Waals surface area (Å²) in [6.07, 6.45) is 4.17. The van der Waals surface area contributed by atoms with E-state index in [4.69, 9.17) is 0 Å². The highest BCUT2D eigenvalue weighted by atomic mass is 16.2. The fraction of sp³-hybridized carbons (Fsp3) is 0.556. The second-order valence-corrected chi connectivity index (χ2v) is 7.51. The Hall–Kier alpha value is -2.48. The molecule has 26 heavy (non-hydrogen) atoms. The molecule has 0 spiro atoms. The summed E-state index contributed by atoms with van der Waals surface area (Å²) in [5, 5.41) is 6.99. The smallest absolute Gasteiger partial charge is 0.332 e. The molecule has 2 bridgehead atoms. The lowest BCUT2D eigenvalue weighted by molar-refractivity contribution is 0.0919. The molecule has 2 unspecified atom stereocenters. The molecule has 0 radical (unpaired) electrons. The molecule has 2 aliphatic rings. The van der Waals surface area contributed by atoms with Crippen LogP contribution in [0.3, 0.4) is 0 Å². The topological polar surface area (TPSA) is 98.0 Å². The van der Waals surface area contributed by atoms with E-state index in [-0.39, 0.29) is 23.3 Å². The lowest BCUT2D eigenvalue weighted by Crippen LogP contribution is -2.48. The van der Waals surface area contributed by atoms with Crippen LogP contribution >= 0.6 is 0 Å². The van der Waals surface area contributed by atoms with Gasteiger partial charge in [-0.25, -0.2) is 9.78 Å².